The first-order valence-electron chi connectivity index (χ1n) is 14.7. The van der Waals surface area contributed by atoms with Gasteiger partial charge in [0, 0.05) is 32.4 Å². The lowest BCUT2D eigenvalue weighted by Gasteiger charge is -2.34. The van der Waals surface area contributed by atoms with Gasteiger partial charge in [-0.25, -0.2) is 4.79 Å². The van der Waals surface area contributed by atoms with Crippen molar-refractivity contribution in [2.45, 2.75) is 58.0 Å². The van der Waals surface area contributed by atoms with Crippen molar-refractivity contribution in [3.63, 3.8) is 0 Å². The Morgan fingerprint density at radius 1 is 0.974 bits per heavy atom. The van der Waals surface area contributed by atoms with Gasteiger partial charge in [0.1, 0.15) is 0 Å². The van der Waals surface area contributed by atoms with Gasteiger partial charge in [-0.15, -0.1) is 0 Å². The lowest BCUT2D eigenvalue weighted by molar-refractivity contribution is -0.149. The predicted molar refractivity (Wildman–Crippen MR) is 156 cm³/mol. The molecular weight excluding hydrogens is 490 g/mol. The van der Waals surface area contributed by atoms with Crippen LogP contribution in [0.15, 0.2) is 54.6 Å². The summed E-state index contributed by atoms with van der Waals surface area (Å²) in [5, 5.41) is 0. The molecule has 2 aromatic carbocycles. The van der Waals surface area contributed by atoms with E-state index in [9.17, 15) is 9.59 Å². The molecule has 1 saturated heterocycles. The summed E-state index contributed by atoms with van der Waals surface area (Å²) >= 11 is 0. The van der Waals surface area contributed by atoms with Crippen LogP contribution in [-0.2, 0) is 14.3 Å². The molecule has 3 amide bonds. The Labute approximate surface area is 234 Å². The second-order valence-electron chi connectivity index (χ2n) is 10.8. The summed E-state index contributed by atoms with van der Waals surface area (Å²) < 4.78 is 11.7. The highest BCUT2D eigenvalue weighted by atomic mass is 16.5. The van der Waals surface area contributed by atoms with E-state index < -0.39 is 6.10 Å². The van der Waals surface area contributed by atoms with Crippen LogP contribution in [0, 0.1) is 5.92 Å². The molecule has 7 nitrogen and oxygen atoms in total. The highest BCUT2D eigenvalue weighted by Crippen LogP contribution is 2.30. The molecule has 4 rings (SSSR count). The van der Waals surface area contributed by atoms with E-state index in [0.29, 0.717) is 45.4 Å². The van der Waals surface area contributed by atoms with Gasteiger partial charge in [-0.1, -0.05) is 75.1 Å². The number of nitrogens with zero attached hydrogens (tertiary/aromatic N) is 3. The van der Waals surface area contributed by atoms with E-state index in [4.69, 9.17) is 9.47 Å². The van der Waals surface area contributed by atoms with E-state index in [1.165, 1.54) is 12.8 Å². The third kappa shape index (κ3) is 8.80. The number of carbonyl (C=O) groups excluding carboxylic acids is 2. The fraction of sp³-hybridized carbons (Fsp3) is 0.562. The molecule has 2 aromatic rings. The third-order valence-electron chi connectivity index (χ3n) is 7.64. The summed E-state index contributed by atoms with van der Waals surface area (Å²) in [5.41, 5.74) is 3.00. The summed E-state index contributed by atoms with van der Waals surface area (Å²) in [6, 6.07) is 18.1. The van der Waals surface area contributed by atoms with Crippen LogP contribution < -0.4 is 4.90 Å². The monoisotopic (exact) mass is 535 g/mol. The third-order valence-corrected chi connectivity index (χ3v) is 7.64. The molecule has 0 bridgehead atoms. The van der Waals surface area contributed by atoms with Crippen LogP contribution in [0.3, 0.4) is 0 Å². The molecule has 1 aliphatic carbocycles. The average molecular weight is 536 g/mol. The largest absolute Gasteiger partial charge is 0.378 e. The van der Waals surface area contributed by atoms with Gasteiger partial charge in [0.25, 0.3) is 5.91 Å². The van der Waals surface area contributed by atoms with E-state index in [2.05, 4.69) is 25.1 Å². The van der Waals surface area contributed by atoms with Crippen molar-refractivity contribution >= 4 is 17.6 Å². The van der Waals surface area contributed by atoms with Crippen LogP contribution in [-0.4, -0.2) is 80.9 Å². The molecule has 1 atom stereocenters. The number of hydrogen-bond donors (Lipinski definition) is 0. The standard InChI is InChI=1S/C32H45N3O4/c1-3-4-5-6-10-18-35(24-30(39-25-26-16-17-26)31(36)34-19-21-38-22-20-34)32(37)33(2)29-15-11-14-28(23-29)27-12-8-7-9-13-27/h7-9,11-15,23,26,30H,3-6,10,16-22,24-25H2,1-2H3. The molecule has 0 aromatic heterocycles. The number of carbonyl (C=O) groups is 2. The van der Waals surface area contributed by atoms with E-state index >= 15 is 0 Å². The fourth-order valence-electron chi connectivity index (χ4n) is 4.94. The van der Waals surface area contributed by atoms with Crippen LogP contribution in [0.5, 0.6) is 0 Å². The van der Waals surface area contributed by atoms with Gasteiger partial charge in [0.2, 0.25) is 0 Å². The van der Waals surface area contributed by atoms with Gasteiger partial charge in [0.05, 0.1) is 26.4 Å². The molecule has 1 saturated carbocycles. The topological polar surface area (TPSA) is 62.3 Å². The molecule has 2 fully saturated rings. The Morgan fingerprint density at radius 3 is 2.41 bits per heavy atom. The van der Waals surface area contributed by atoms with Crippen LogP contribution in [0.4, 0.5) is 10.5 Å². The number of urea groups is 1. The molecule has 7 heteroatoms. The van der Waals surface area contributed by atoms with Crippen molar-refractivity contribution in [2.24, 2.45) is 5.92 Å². The number of hydrogen-bond acceptors (Lipinski definition) is 4. The Hall–Kier alpha value is -2.90. The Bertz CT molecular complexity index is 1040. The maximum Gasteiger partial charge on any atom is 0.324 e. The van der Waals surface area contributed by atoms with Crippen LogP contribution in [0.25, 0.3) is 11.1 Å². The van der Waals surface area contributed by atoms with Crippen LogP contribution in [0.2, 0.25) is 0 Å². The summed E-state index contributed by atoms with van der Waals surface area (Å²) in [4.78, 5) is 32.9. The zero-order valence-corrected chi connectivity index (χ0v) is 23.7. The van der Waals surface area contributed by atoms with E-state index in [1.54, 1.807) is 4.90 Å². The number of morpholine rings is 1. The lowest BCUT2D eigenvalue weighted by Crippen LogP contribution is -2.52. The number of anilines is 1. The lowest BCUT2D eigenvalue weighted by atomic mass is 10.1. The van der Waals surface area contributed by atoms with Gasteiger partial charge in [-0.05, 0) is 48.4 Å². The predicted octanol–water partition coefficient (Wildman–Crippen LogP) is 5.84. The number of rotatable bonds is 14. The normalized spacial score (nSPS) is 16.1. The molecule has 1 heterocycles. The van der Waals surface area contributed by atoms with Crippen LogP contribution >= 0.6 is 0 Å². The average Bonchev–Trinajstić information content (AvgIpc) is 3.82. The van der Waals surface area contributed by atoms with E-state index in [1.807, 2.05) is 53.2 Å². The molecule has 1 unspecified atom stereocenters. The quantitative estimate of drug-likeness (QED) is 0.285. The molecule has 2 aliphatic rings. The maximum atomic E-state index is 13.9. The molecule has 0 spiro atoms. The van der Waals surface area contributed by atoms with Crippen LogP contribution in [0.1, 0.15) is 51.9 Å². The minimum atomic E-state index is -0.660. The molecule has 212 valence electrons. The van der Waals surface area contributed by atoms with Crippen molar-refractivity contribution in [1.29, 1.82) is 0 Å². The Balaban J connectivity index is 1.50. The first kappa shape index (κ1) is 29.1. The number of amides is 3. The molecule has 1 aliphatic heterocycles. The van der Waals surface area contributed by atoms with Gasteiger partial charge < -0.3 is 19.3 Å². The molecule has 0 radical (unpaired) electrons. The first-order valence-corrected chi connectivity index (χ1v) is 14.7. The van der Waals surface area contributed by atoms with Gasteiger partial charge in [0.15, 0.2) is 6.10 Å². The highest BCUT2D eigenvalue weighted by molar-refractivity contribution is 5.93. The Kier molecular flexibility index (Phi) is 11.2. The Morgan fingerprint density at radius 2 is 1.69 bits per heavy atom. The number of unbranched alkanes of at least 4 members (excludes halogenated alkanes) is 4. The van der Waals surface area contributed by atoms with Crippen molar-refractivity contribution in [3.8, 4) is 11.1 Å². The van der Waals surface area contributed by atoms with Gasteiger partial charge >= 0.3 is 6.03 Å². The second-order valence-corrected chi connectivity index (χ2v) is 10.8. The number of benzene rings is 2. The molecule has 0 N–H and O–H groups in total. The van der Waals surface area contributed by atoms with Crippen molar-refractivity contribution < 1.29 is 19.1 Å². The van der Waals surface area contributed by atoms with Crippen molar-refractivity contribution in [3.05, 3.63) is 54.6 Å². The SMILES string of the molecule is CCCCCCCN(CC(OCC1CC1)C(=O)N1CCOCC1)C(=O)N(C)c1cccc(-c2ccccc2)c1. The highest BCUT2D eigenvalue weighted by Gasteiger charge is 2.33. The van der Waals surface area contributed by atoms with E-state index in [0.717, 1.165) is 48.9 Å². The zero-order valence-electron chi connectivity index (χ0n) is 23.7. The van der Waals surface area contributed by atoms with E-state index in [-0.39, 0.29) is 18.5 Å². The minimum absolute atomic E-state index is 0.0311. The number of ether oxygens (including phenoxy) is 2. The summed E-state index contributed by atoms with van der Waals surface area (Å²) in [5.74, 6) is 0.503. The van der Waals surface area contributed by atoms with Gasteiger partial charge in [-0.2, -0.15) is 0 Å². The van der Waals surface area contributed by atoms with Crippen molar-refractivity contribution in [1.82, 2.24) is 9.80 Å². The second kappa shape index (κ2) is 15.0. The minimum Gasteiger partial charge on any atom is -0.378 e. The van der Waals surface area contributed by atoms with Crippen molar-refractivity contribution in [2.75, 3.05) is 57.9 Å². The molecule has 39 heavy (non-hydrogen) atoms. The summed E-state index contributed by atoms with van der Waals surface area (Å²) in [6.45, 7) is 5.87. The first-order chi connectivity index (χ1) is 19.1. The zero-order chi connectivity index (χ0) is 27.5. The van der Waals surface area contributed by atoms with Gasteiger partial charge in [-0.3, -0.25) is 9.69 Å². The molecular formula is C32H45N3O4. The fourth-order valence-corrected chi connectivity index (χ4v) is 4.94. The maximum absolute atomic E-state index is 13.9. The smallest absolute Gasteiger partial charge is 0.324 e. The summed E-state index contributed by atoms with van der Waals surface area (Å²) in [7, 11) is 1.82. The summed E-state index contributed by atoms with van der Waals surface area (Å²) in [6.07, 6.45) is 7.14.